The second kappa shape index (κ2) is 8.33. The highest BCUT2D eigenvalue weighted by Crippen LogP contribution is 2.26. The van der Waals surface area contributed by atoms with Crippen LogP contribution < -0.4 is 4.74 Å². The van der Waals surface area contributed by atoms with Gasteiger partial charge in [-0.2, -0.15) is 0 Å². The molecular formula is C19H25NO4. The molecular weight excluding hydrogens is 306 g/mol. The van der Waals surface area contributed by atoms with E-state index in [1.165, 1.54) is 0 Å². The highest BCUT2D eigenvalue weighted by Gasteiger charge is 2.28. The van der Waals surface area contributed by atoms with Crippen LogP contribution in [-0.4, -0.2) is 49.0 Å². The Morgan fingerprint density at radius 2 is 2.08 bits per heavy atom. The summed E-state index contributed by atoms with van der Waals surface area (Å²) in [6, 6.07) is 13.6. The van der Waals surface area contributed by atoms with Gasteiger partial charge >= 0.3 is 0 Å². The maximum atomic E-state index is 10.3. The fraction of sp³-hybridized carbons (Fsp3) is 0.474. The van der Waals surface area contributed by atoms with Gasteiger partial charge in [-0.3, -0.25) is 4.90 Å². The Labute approximate surface area is 142 Å². The number of para-hydroxylation sites is 1. The average molecular weight is 331 g/mol. The molecule has 0 bridgehead atoms. The molecule has 130 valence electrons. The summed E-state index contributed by atoms with van der Waals surface area (Å²) in [6.07, 6.45) is 0.313. The Hall–Kier alpha value is -1.82. The highest BCUT2D eigenvalue weighted by molar-refractivity contribution is 5.20. The van der Waals surface area contributed by atoms with Gasteiger partial charge in [0.2, 0.25) is 0 Å². The molecule has 1 aromatic carbocycles. The molecule has 5 nitrogen and oxygen atoms in total. The SMILES string of the molecule is CCc1ccc(C2COCCN2CC(O)COc2ccccc2)o1. The van der Waals surface area contributed by atoms with Gasteiger partial charge < -0.3 is 19.0 Å². The van der Waals surface area contributed by atoms with E-state index in [2.05, 4.69) is 11.8 Å². The van der Waals surface area contributed by atoms with Crippen LogP contribution >= 0.6 is 0 Å². The molecule has 24 heavy (non-hydrogen) atoms. The molecule has 3 rings (SSSR count). The fourth-order valence-electron chi connectivity index (χ4n) is 2.91. The van der Waals surface area contributed by atoms with Crippen molar-refractivity contribution in [3.8, 4) is 5.75 Å². The molecule has 0 amide bonds. The van der Waals surface area contributed by atoms with E-state index in [-0.39, 0.29) is 12.6 Å². The molecule has 1 aliphatic rings. The molecule has 0 radical (unpaired) electrons. The number of morpholine rings is 1. The van der Waals surface area contributed by atoms with E-state index in [0.717, 1.165) is 30.2 Å². The van der Waals surface area contributed by atoms with E-state index >= 15 is 0 Å². The minimum absolute atomic E-state index is 0.0467. The van der Waals surface area contributed by atoms with Gasteiger partial charge in [0.1, 0.15) is 30.0 Å². The van der Waals surface area contributed by atoms with E-state index in [1.54, 1.807) is 0 Å². The molecule has 0 saturated carbocycles. The quantitative estimate of drug-likeness (QED) is 0.845. The largest absolute Gasteiger partial charge is 0.491 e. The van der Waals surface area contributed by atoms with Crippen molar-refractivity contribution < 1.29 is 19.0 Å². The summed E-state index contributed by atoms with van der Waals surface area (Å²) in [7, 11) is 0. The zero-order valence-electron chi connectivity index (χ0n) is 14.1. The zero-order valence-corrected chi connectivity index (χ0v) is 14.1. The van der Waals surface area contributed by atoms with Gasteiger partial charge in [-0.25, -0.2) is 0 Å². The molecule has 2 aromatic rings. The lowest BCUT2D eigenvalue weighted by Gasteiger charge is -2.35. The Bertz CT molecular complexity index is 613. The molecule has 5 heteroatoms. The number of aliphatic hydroxyl groups is 1. The van der Waals surface area contributed by atoms with Crippen LogP contribution in [0, 0.1) is 0 Å². The van der Waals surface area contributed by atoms with E-state index in [4.69, 9.17) is 13.9 Å². The van der Waals surface area contributed by atoms with Crippen molar-refractivity contribution in [1.29, 1.82) is 0 Å². The predicted octanol–water partition coefficient (Wildman–Crippen LogP) is 2.66. The number of ether oxygens (including phenoxy) is 2. The van der Waals surface area contributed by atoms with E-state index in [1.807, 2.05) is 42.5 Å². The van der Waals surface area contributed by atoms with Crippen LogP contribution in [0.5, 0.6) is 5.75 Å². The number of β-amino-alcohol motifs (C(OH)–C–C–N with tert-alkyl or cyclic N) is 1. The van der Waals surface area contributed by atoms with Crippen molar-refractivity contribution >= 4 is 0 Å². The average Bonchev–Trinajstić information content (AvgIpc) is 3.10. The maximum Gasteiger partial charge on any atom is 0.123 e. The van der Waals surface area contributed by atoms with Crippen molar-refractivity contribution in [3.05, 3.63) is 54.0 Å². The number of aliphatic hydroxyl groups excluding tert-OH is 1. The number of nitrogens with zero attached hydrogens (tertiary/aromatic N) is 1. The summed E-state index contributed by atoms with van der Waals surface area (Å²) in [5.74, 6) is 2.65. The molecule has 1 fully saturated rings. The van der Waals surface area contributed by atoms with E-state index in [0.29, 0.717) is 19.8 Å². The minimum Gasteiger partial charge on any atom is -0.491 e. The summed E-state index contributed by atoms with van der Waals surface area (Å²) in [5, 5.41) is 10.3. The smallest absolute Gasteiger partial charge is 0.123 e. The fourth-order valence-corrected chi connectivity index (χ4v) is 2.91. The first kappa shape index (κ1) is 17.0. The highest BCUT2D eigenvalue weighted by atomic mass is 16.5. The third-order valence-corrected chi connectivity index (χ3v) is 4.23. The lowest BCUT2D eigenvalue weighted by atomic mass is 10.1. The standard InChI is InChI=1S/C19H25NO4/c1-2-16-8-9-19(24-16)18-14-22-11-10-20(18)12-15(21)13-23-17-6-4-3-5-7-17/h3-9,15,18,21H,2,10-14H2,1H3. The van der Waals surface area contributed by atoms with Crippen LogP contribution in [0.2, 0.25) is 0 Å². The van der Waals surface area contributed by atoms with Crippen LogP contribution in [0.3, 0.4) is 0 Å². The topological polar surface area (TPSA) is 55.1 Å². The van der Waals surface area contributed by atoms with Gasteiger partial charge in [-0.05, 0) is 24.3 Å². The van der Waals surface area contributed by atoms with Crippen molar-refractivity contribution in [1.82, 2.24) is 4.90 Å². The Morgan fingerprint density at radius 1 is 1.25 bits per heavy atom. The van der Waals surface area contributed by atoms with Gasteiger partial charge in [0.25, 0.3) is 0 Å². The molecule has 2 unspecified atom stereocenters. The Morgan fingerprint density at radius 3 is 2.83 bits per heavy atom. The maximum absolute atomic E-state index is 10.3. The number of aryl methyl sites for hydroxylation is 1. The molecule has 0 aliphatic carbocycles. The number of hydrogen-bond acceptors (Lipinski definition) is 5. The van der Waals surface area contributed by atoms with Gasteiger partial charge in [-0.15, -0.1) is 0 Å². The summed E-state index contributed by atoms with van der Waals surface area (Å²) in [6.45, 7) is 4.90. The predicted molar refractivity (Wildman–Crippen MR) is 91.2 cm³/mol. The third kappa shape index (κ3) is 4.38. The summed E-state index contributed by atoms with van der Waals surface area (Å²) in [4.78, 5) is 2.21. The Kier molecular flexibility index (Phi) is 5.91. The van der Waals surface area contributed by atoms with Gasteiger partial charge in [0.05, 0.1) is 19.3 Å². The minimum atomic E-state index is -0.564. The first-order chi connectivity index (χ1) is 11.8. The summed E-state index contributed by atoms with van der Waals surface area (Å²) in [5.41, 5.74) is 0. The van der Waals surface area contributed by atoms with Gasteiger partial charge in [0, 0.05) is 19.5 Å². The first-order valence-electron chi connectivity index (χ1n) is 8.52. The third-order valence-electron chi connectivity index (χ3n) is 4.23. The summed E-state index contributed by atoms with van der Waals surface area (Å²) < 4.78 is 17.1. The van der Waals surface area contributed by atoms with Crippen LogP contribution in [0.15, 0.2) is 46.9 Å². The molecule has 1 saturated heterocycles. The zero-order chi connectivity index (χ0) is 16.8. The van der Waals surface area contributed by atoms with Gasteiger partial charge in [0.15, 0.2) is 0 Å². The van der Waals surface area contributed by atoms with E-state index < -0.39 is 6.10 Å². The summed E-state index contributed by atoms with van der Waals surface area (Å²) >= 11 is 0. The van der Waals surface area contributed by atoms with Crippen LogP contribution in [0.4, 0.5) is 0 Å². The van der Waals surface area contributed by atoms with Gasteiger partial charge in [-0.1, -0.05) is 25.1 Å². The molecule has 2 atom stereocenters. The molecule has 1 aliphatic heterocycles. The second-order valence-corrected chi connectivity index (χ2v) is 6.02. The van der Waals surface area contributed by atoms with Crippen molar-refractivity contribution in [3.63, 3.8) is 0 Å². The number of rotatable bonds is 7. The van der Waals surface area contributed by atoms with Crippen LogP contribution in [-0.2, 0) is 11.2 Å². The lowest BCUT2D eigenvalue weighted by Crippen LogP contribution is -2.44. The van der Waals surface area contributed by atoms with Crippen molar-refractivity contribution in [2.45, 2.75) is 25.5 Å². The number of hydrogen-bond donors (Lipinski definition) is 1. The lowest BCUT2D eigenvalue weighted by molar-refractivity contribution is -0.0400. The monoisotopic (exact) mass is 331 g/mol. The molecule has 0 spiro atoms. The van der Waals surface area contributed by atoms with Crippen molar-refractivity contribution in [2.24, 2.45) is 0 Å². The van der Waals surface area contributed by atoms with Crippen molar-refractivity contribution in [2.75, 3.05) is 32.9 Å². The number of benzene rings is 1. The van der Waals surface area contributed by atoms with Crippen LogP contribution in [0.1, 0.15) is 24.5 Å². The molecule has 2 heterocycles. The van der Waals surface area contributed by atoms with Crippen LogP contribution in [0.25, 0.3) is 0 Å². The second-order valence-electron chi connectivity index (χ2n) is 6.02. The Balaban J connectivity index is 1.56. The van der Waals surface area contributed by atoms with E-state index in [9.17, 15) is 5.11 Å². The molecule has 1 N–H and O–H groups in total. The number of furan rings is 1. The normalized spacial score (nSPS) is 20.0. The first-order valence-corrected chi connectivity index (χ1v) is 8.52. The molecule has 1 aromatic heterocycles.